The van der Waals surface area contributed by atoms with E-state index in [1.165, 1.54) is 0 Å². The molecule has 0 radical (unpaired) electrons. The summed E-state index contributed by atoms with van der Waals surface area (Å²) in [6, 6.07) is 1.99. The number of thiol groups is 1. The molecular weight excluding hydrogens is 246 g/mol. The van der Waals surface area contributed by atoms with E-state index in [-0.39, 0.29) is 11.4 Å². The fourth-order valence-electron chi connectivity index (χ4n) is 2.30. The van der Waals surface area contributed by atoms with Crippen molar-refractivity contribution in [3.63, 3.8) is 0 Å². The minimum atomic E-state index is -0.122. The number of carbonyl (C=O) groups is 1. The van der Waals surface area contributed by atoms with Crippen LogP contribution in [0.2, 0.25) is 0 Å². The second-order valence-corrected chi connectivity index (χ2v) is 6.35. The Labute approximate surface area is 114 Å². The van der Waals surface area contributed by atoms with E-state index in [9.17, 15) is 4.79 Å². The molecule has 4 nitrogen and oxygen atoms in total. The molecule has 2 rings (SSSR count). The lowest BCUT2D eigenvalue weighted by Gasteiger charge is -2.26. The summed E-state index contributed by atoms with van der Waals surface area (Å²) in [6.45, 7) is 9.00. The topological polar surface area (TPSA) is 38.1 Å². The van der Waals surface area contributed by atoms with Crippen LogP contribution in [0.25, 0.3) is 0 Å². The van der Waals surface area contributed by atoms with Crippen LogP contribution in [0.15, 0.2) is 6.07 Å². The first-order valence-electron chi connectivity index (χ1n) is 6.31. The van der Waals surface area contributed by atoms with E-state index in [4.69, 9.17) is 0 Å². The molecule has 1 saturated heterocycles. The second-order valence-electron chi connectivity index (χ2n) is 5.98. The molecule has 0 aliphatic carbocycles. The summed E-state index contributed by atoms with van der Waals surface area (Å²) in [5.41, 5.74) is 0.824. The van der Waals surface area contributed by atoms with Crippen LogP contribution >= 0.6 is 12.6 Å². The van der Waals surface area contributed by atoms with E-state index in [1.54, 1.807) is 0 Å². The van der Waals surface area contributed by atoms with Crippen molar-refractivity contribution in [3.05, 3.63) is 11.8 Å². The van der Waals surface area contributed by atoms with Crippen LogP contribution in [0.4, 0.5) is 5.82 Å². The van der Waals surface area contributed by atoms with Crippen LogP contribution in [0, 0.1) is 12.8 Å². The van der Waals surface area contributed by atoms with Crippen LogP contribution in [0.3, 0.4) is 0 Å². The number of aromatic nitrogens is 2. The normalized spacial score (nSPS) is 20.8. The van der Waals surface area contributed by atoms with Crippen molar-refractivity contribution in [2.75, 3.05) is 17.2 Å². The molecule has 1 amide bonds. The van der Waals surface area contributed by atoms with Gasteiger partial charge in [-0.15, -0.1) is 0 Å². The third-order valence-electron chi connectivity index (χ3n) is 3.19. The van der Waals surface area contributed by atoms with Crippen LogP contribution in [-0.2, 0) is 10.3 Å². The lowest BCUT2D eigenvalue weighted by Crippen LogP contribution is -2.32. The molecule has 0 N–H and O–H groups in total. The van der Waals surface area contributed by atoms with Gasteiger partial charge in [-0.2, -0.15) is 17.7 Å². The molecule has 0 bridgehead atoms. The Balaban J connectivity index is 2.37. The molecule has 1 aliphatic rings. The molecule has 0 spiro atoms. The molecule has 1 fully saturated rings. The zero-order chi connectivity index (χ0) is 13.5. The maximum absolute atomic E-state index is 12.1. The summed E-state index contributed by atoms with van der Waals surface area (Å²) in [4.78, 5) is 13.9. The van der Waals surface area contributed by atoms with Crippen molar-refractivity contribution < 1.29 is 4.79 Å². The number of hydrogen-bond acceptors (Lipinski definition) is 3. The minimum absolute atomic E-state index is 0.122. The Morgan fingerprint density at radius 1 is 1.50 bits per heavy atom. The van der Waals surface area contributed by atoms with E-state index >= 15 is 0 Å². The number of amides is 1. The summed E-state index contributed by atoms with van der Waals surface area (Å²) in [6.07, 6.45) is 0.595. The van der Waals surface area contributed by atoms with Crippen LogP contribution < -0.4 is 4.90 Å². The van der Waals surface area contributed by atoms with Crippen molar-refractivity contribution in [3.8, 4) is 0 Å². The summed E-state index contributed by atoms with van der Waals surface area (Å²) < 4.78 is 1.95. The van der Waals surface area contributed by atoms with Gasteiger partial charge in [-0.1, -0.05) is 0 Å². The number of carbonyl (C=O) groups excluding carboxylic acids is 1. The molecular formula is C13H21N3OS. The average Bonchev–Trinajstić information content (AvgIpc) is 2.80. The maximum atomic E-state index is 12.1. The molecule has 1 aromatic heterocycles. The van der Waals surface area contributed by atoms with E-state index < -0.39 is 0 Å². The van der Waals surface area contributed by atoms with Gasteiger partial charge in [0.2, 0.25) is 5.91 Å². The van der Waals surface area contributed by atoms with E-state index in [0.717, 1.165) is 23.8 Å². The predicted molar refractivity (Wildman–Crippen MR) is 76.3 cm³/mol. The van der Waals surface area contributed by atoms with Crippen molar-refractivity contribution >= 4 is 24.4 Å². The van der Waals surface area contributed by atoms with E-state index in [1.807, 2.05) is 22.6 Å². The maximum Gasteiger partial charge on any atom is 0.228 e. The zero-order valence-corrected chi connectivity index (χ0v) is 12.4. The van der Waals surface area contributed by atoms with Crippen molar-refractivity contribution in [1.29, 1.82) is 0 Å². The van der Waals surface area contributed by atoms with Gasteiger partial charge >= 0.3 is 0 Å². The third-order valence-corrected chi connectivity index (χ3v) is 3.70. The monoisotopic (exact) mass is 267 g/mol. The van der Waals surface area contributed by atoms with Gasteiger partial charge in [0.15, 0.2) is 0 Å². The molecule has 0 aromatic carbocycles. The Kier molecular flexibility index (Phi) is 3.45. The molecule has 1 aliphatic heterocycles. The first kappa shape index (κ1) is 13.5. The first-order valence-corrected chi connectivity index (χ1v) is 6.94. The Morgan fingerprint density at radius 3 is 2.67 bits per heavy atom. The summed E-state index contributed by atoms with van der Waals surface area (Å²) >= 11 is 4.30. The molecule has 1 unspecified atom stereocenters. The zero-order valence-electron chi connectivity index (χ0n) is 11.5. The number of rotatable bonds is 2. The molecule has 0 saturated carbocycles. The highest BCUT2D eigenvalue weighted by Crippen LogP contribution is 2.30. The molecule has 5 heteroatoms. The van der Waals surface area contributed by atoms with Gasteiger partial charge in [0, 0.05) is 19.0 Å². The highest BCUT2D eigenvalue weighted by Gasteiger charge is 2.33. The second kappa shape index (κ2) is 4.61. The Morgan fingerprint density at radius 2 is 2.17 bits per heavy atom. The van der Waals surface area contributed by atoms with Gasteiger partial charge in [0.05, 0.1) is 11.2 Å². The standard InChI is InChI=1S/C13H21N3OS/c1-9-5-11(16(14-9)13(2,3)4)15-7-10(8-18)6-12(15)17/h5,10,18H,6-8H2,1-4H3. The highest BCUT2D eigenvalue weighted by atomic mass is 32.1. The number of nitrogens with zero attached hydrogens (tertiary/aromatic N) is 3. The lowest BCUT2D eigenvalue weighted by atomic mass is 10.1. The average molecular weight is 267 g/mol. The minimum Gasteiger partial charge on any atom is -0.297 e. The third kappa shape index (κ3) is 2.41. The molecule has 18 heavy (non-hydrogen) atoms. The highest BCUT2D eigenvalue weighted by molar-refractivity contribution is 7.80. The van der Waals surface area contributed by atoms with Crippen molar-refractivity contribution in [2.45, 2.75) is 39.7 Å². The van der Waals surface area contributed by atoms with E-state index in [0.29, 0.717) is 12.3 Å². The van der Waals surface area contributed by atoms with Gasteiger partial charge in [0.25, 0.3) is 0 Å². The number of anilines is 1. The summed E-state index contributed by atoms with van der Waals surface area (Å²) in [7, 11) is 0. The smallest absolute Gasteiger partial charge is 0.228 e. The molecule has 1 atom stereocenters. The number of aryl methyl sites for hydroxylation is 1. The fraction of sp³-hybridized carbons (Fsp3) is 0.692. The van der Waals surface area contributed by atoms with Crippen molar-refractivity contribution in [1.82, 2.24) is 9.78 Å². The SMILES string of the molecule is Cc1cc(N2CC(CS)CC2=O)n(C(C)(C)C)n1. The van der Waals surface area contributed by atoms with Gasteiger partial charge in [-0.25, -0.2) is 4.68 Å². The van der Waals surface area contributed by atoms with Crippen LogP contribution in [0.5, 0.6) is 0 Å². The fourth-order valence-corrected chi connectivity index (χ4v) is 2.54. The van der Waals surface area contributed by atoms with Gasteiger partial charge in [-0.3, -0.25) is 9.69 Å². The van der Waals surface area contributed by atoms with Crippen molar-refractivity contribution in [2.24, 2.45) is 5.92 Å². The summed E-state index contributed by atoms with van der Waals surface area (Å²) in [5, 5.41) is 4.52. The van der Waals surface area contributed by atoms with Crippen LogP contribution in [-0.4, -0.2) is 28.0 Å². The quantitative estimate of drug-likeness (QED) is 0.835. The summed E-state index contributed by atoms with van der Waals surface area (Å²) in [5.74, 6) is 2.20. The first-order chi connectivity index (χ1) is 8.32. The number of hydrogen-bond donors (Lipinski definition) is 1. The Bertz CT molecular complexity index is 461. The van der Waals surface area contributed by atoms with Gasteiger partial charge < -0.3 is 0 Å². The Hall–Kier alpha value is -0.970. The van der Waals surface area contributed by atoms with Gasteiger partial charge in [-0.05, 0) is 39.4 Å². The lowest BCUT2D eigenvalue weighted by molar-refractivity contribution is -0.117. The molecule has 100 valence electrons. The van der Waals surface area contributed by atoms with E-state index in [2.05, 4.69) is 38.5 Å². The molecule has 2 heterocycles. The van der Waals surface area contributed by atoms with Crippen LogP contribution in [0.1, 0.15) is 32.9 Å². The molecule has 1 aromatic rings. The van der Waals surface area contributed by atoms with Gasteiger partial charge in [0.1, 0.15) is 5.82 Å². The largest absolute Gasteiger partial charge is 0.297 e. The predicted octanol–water partition coefficient (Wildman–Crippen LogP) is 2.23.